The predicted octanol–water partition coefficient (Wildman–Crippen LogP) is 4.48. The van der Waals surface area contributed by atoms with Crippen molar-refractivity contribution in [3.05, 3.63) is 71.8 Å². The first-order valence-corrected chi connectivity index (χ1v) is 6.63. The van der Waals surface area contributed by atoms with Crippen molar-refractivity contribution in [2.24, 2.45) is 0 Å². The molecule has 2 nitrogen and oxygen atoms in total. The molecular weight excluding hydrogens is 248 g/mol. The molecule has 0 aliphatic rings. The van der Waals surface area contributed by atoms with Crippen molar-refractivity contribution < 1.29 is 9.53 Å². The molecule has 0 atom stereocenters. The smallest absolute Gasteiger partial charge is 0.338 e. The molecule has 2 aromatic carbocycles. The van der Waals surface area contributed by atoms with E-state index in [9.17, 15) is 4.79 Å². The van der Waals surface area contributed by atoms with E-state index in [-0.39, 0.29) is 5.97 Å². The van der Waals surface area contributed by atoms with Gasteiger partial charge < -0.3 is 4.74 Å². The Kier molecular flexibility index (Phi) is 4.72. The third-order valence-corrected chi connectivity index (χ3v) is 2.93. The van der Waals surface area contributed by atoms with Crippen LogP contribution in [0, 0.1) is 0 Å². The Morgan fingerprint density at radius 1 is 0.950 bits per heavy atom. The van der Waals surface area contributed by atoms with Gasteiger partial charge in [-0.2, -0.15) is 0 Å². The lowest BCUT2D eigenvalue weighted by Gasteiger charge is -2.05. The van der Waals surface area contributed by atoms with Crippen LogP contribution in [0.4, 0.5) is 0 Å². The number of rotatable bonds is 4. The molecule has 0 N–H and O–H groups in total. The summed E-state index contributed by atoms with van der Waals surface area (Å²) in [4.78, 5) is 11.8. The highest BCUT2D eigenvalue weighted by Crippen LogP contribution is 2.19. The molecule has 0 radical (unpaired) electrons. The number of ether oxygens (including phenoxy) is 1. The molecule has 2 rings (SSSR count). The number of benzene rings is 2. The molecule has 0 amide bonds. The van der Waals surface area contributed by atoms with Gasteiger partial charge >= 0.3 is 5.97 Å². The van der Waals surface area contributed by atoms with Crippen molar-refractivity contribution in [1.82, 2.24) is 0 Å². The van der Waals surface area contributed by atoms with Gasteiger partial charge in [0.2, 0.25) is 0 Å². The third kappa shape index (κ3) is 3.82. The molecule has 2 aromatic rings. The minimum atomic E-state index is -0.290. The van der Waals surface area contributed by atoms with Crippen LogP contribution < -0.4 is 0 Å². The summed E-state index contributed by atoms with van der Waals surface area (Å²) in [5.74, 6) is -0.290. The summed E-state index contributed by atoms with van der Waals surface area (Å²) in [6, 6.07) is 17.5. The van der Waals surface area contributed by atoms with E-state index in [1.165, 1.54) is 0 Å². The van der Waals surface area contributed by atoms with Crippen molar-refractivity contribution in [3.63, 3.8) is 0 Å². The SMILES string of the molecule is CC(C)=CCOC(=O)c1ccc(-c2ccccc2)cc1. The Morgan fingerprint density at radius 2 is 1.55 bits per heavy atom. The molecule has 0 spiro atoms. The second-order valence-corrected chi connectivity index (χ2v) is 4.82. The van der Waals surface area contributed by atoms with Gasteiger partial charge in [0.05, 0.1) is 5.56 Å². The molecule has 0 unspecified atom stereocenters. The van der Waals surface area contributed by atoms with Crippen LogP contribution in [0.25, 0.3) is 11.1 Å². The minimum absolute atomic E-state index is 0.290. The molecule has 0 aliphatic carbocycles. The van der Waals surface area contributed by atoms with E-state index in [2.05, 4.69) is 0 Å². The zero-order chi connectivity index (χ0) is 14.4. The average Bonchev–Trinajstić information content (AvgIpc) is 2.48. The van der Waals surface area contributed by atoms with Crippen LogP contribution in [0.5, 0.6) is 0 Å². The predicted molar refractivity (Wildman–Crippen MR) is 81.6 cm³/mol. The van der Waals surface area contributed by atoms with Crippen LogP contribution in [0.15, 0.2) is 66.2 Å². The van der Waals surface area contributed by atoms with Crippen molar-refractivity contribution in [2.75, 3.05) is 6.61 Å². The highest BCUT2D eigenvalue weighted by molar-refractivity contribution is 5.90. The van der Waals surface area contributed by atoms with Gasteiger partial charge in [0.1, 0.15) is 6.61 Å². The second-order valence-electron chi connectivity index (χ2n) is 4.82. The minimum Gasteiger partial charge on any atom is -0.458 e. The third-order valence-electron chi connectivity index (χ3n) is 2.93. The van der Waals surface area contributed by atoms with Crippen LogP contribution in [0.1, 0.15) is 24.2 Å². The van der Waals surface area contributed by atoms with Gasteiger partial charge in [-0.15, -0.1) is 0 Å². The van der Waals surface area contributed by atoms with Crippen LogP contribution in [-0.4, -0.2) is 12.6 Å². The molecule has 0 bridgehead atoms. The summed E-state index contributed by atoms with van der Waals surface area (Å²) in [5, 5.41) is 0. The summed E-state index contributed by atoms with van der Waals surface area (Å²) in [5.41, 5.74) is 3.94. The number of carbonyl (C=O) groups is 1. The topological polar surface area (TPSA) is 26.3 Å². The fraction of sp³-hybridized carbons (Fsp3) is 0.167. The summed E-state index contributed by atoms with van der Waals surface area (Å²) in [7, 11) is 0. The molecule has 0 heterocycles. The van der Waals surface area contributed by atoms with Gasteiger partial charge in [-0.25, -0.2) is 4.79 Å². The summed E-state index contributed by atoms with van der Waals surface area (Å²) in [6.07, 6.45) is 1.89. The van der Waals surface area contributed by atoms with Gasteiger partial charge in [0.15, 0.2) is 0 Å². The van der Waals surface area contributed by atoms with Gasteiger partial charge in [0.25, 0.3) is 0 Å². The summed E-state index contributed by atoms with van der Waals surface area (Å²) in [6.45, 7) is 4.27. The Balaban J connectivity index is 2.05. The Bertz CT molecular complexity index is 591. The van der Waals surface area contributed by atoms with E-state index in [1.54, 1.807) is 12.1 Å². The largest absolute Gasteiger partial charge is 0.458 e. The number of carbonyl (C=O) groups excluding carboxylic acids is 1. The van der Waals surface area contributed by atoms with Crippen LogP contribution in [0.2, 0.25) is 0 Å². The fourth-order valence-corrected chi connectivity index (χ4v) is 1.80. The van der Waals surface area contributed by atoms with Crippen molar-refractivity contribution in [3.8, 4) is 11.1 Å². The van der Waals surface area contributed by atoms with Crippen LogP contribution >= 0.6 is 0 Å². The summed E-state index contributed by atoms with van der Waals surface area (Å²) < 4.78 is 5.17. The highest BCUT2D eigenvalue weighted by Gasteiger charge is 2.06. The summed E-state index contributed by atoms with van der Waals surface area (Å²) >= 11 is 0. The van der Waals surface area contributed by atoms with Crippen LogP contribution in [-0.2, 0) is 4.74 Å². The Hall–Kier alpha value is -2.35. The number of hydrogen-bond donors (Lipinski definition) is 0. The lowest BCUT2D eigenvalue weighted by molar-refractivity contribution is 0.0549. The lowest BCUT2D eigenvalue weighted by Crippen LogP contribution is -2.05. The van der Waals surface area contributed by atoms with E-state index >= 15 is 0 Å². The molecule has 0 saturated heterocycles. The number of esters is 1. The first-order valence-electron chi connectivity index (χ1n) is 6.63. The van der Waals surface area contributed by atoms with Crippen molar-refractivity contribution in [2.45, 2.75) is 13.8 Å². The maximum atomic E-state index is 11.8. The van der Waals surface area contributed by atoms with E-state index in [0.29, 0.717) is 12.2 Å². The van der Waals surface area contributed by atoms with Gasteiger partial charge in [-0.3, -0.25) is 0 Å². The van der Waals surface area contributed by atoms with E-state index < -0.39 is 0 Å². The molecule has 102 valence electrons. The standard InChI is InChI=1S/C18H18O2/c1-14(2)12-13-20-18(19)17-10-8-16(9-11-17)15-6-4-3-5-7-15/h3-12H,13H2,1-2H3. The van der Waals surface area contributed by atoms with Gasteiger partial charge in [-0.05, 0) is 43.2 Å². The fourth-order valence-electron chi connectivity index (χ4n) is 1.80. The maximum Gasteiger partial charge on any atom is 0.338 e. The van der Waals surface area contributed by atoms with Gasteiger partial charge in [-0.1, -0.05) is 48.0 Å². The monoisotopic (exact) mass is 266 g/mol. The molecule has 0 aromatic heterocycles. The highest BCUT2D eigenvalue weighted by atomic mass is 16.5. The van der Waals surface area contributed by atoms with Crippen molar-refractivity contribution in [1.29, 1.82) is 0 Å². The second kappa shape index (κ2) is 6.71. The molecular formula is C18H18O2. The lowest BCUT2D eigenvalue weighted by atomic mass is 10.0. The first kappa shape index (κ1) is 14.1. The van der Waals surface area contributed by atoms with Crippen molar-refractivity contribution >= 4 is 5.97 Å². The van der Waals surface area contributed by atoms with Gasteiger partial charge in [0, 0.05) is 0 Å². The zero-order valence-corrected chi connectivity index (χ0v) is 11.8. The Labute approximate surface area is 119 Å². The van der Waals surface area contributed by atoms with E-state index in [1.807, 2.05) is 62.4 Å². The zero-order valence-electron chi connectivity index (χ0n) is 11.8. The Morgan fingerprint density at radius 3 is 2.15 bits per heavy atom. The molecule has 0 saturated carbocycles. The average molecular weight is 266 g/mol. The van der Waals surface area contributed by atoms with E-state index in [0.717, 1.165) is 16.7 Å². The van der Waals surface area contributed by atoms with E-state index in [4.69, 9.17) is 4.74 Å². The number of hydrogen-bond acceptors (Lipinski definition) is 2. The number of allylic oxidation sites excluding steroid dienone is 1. The molecule has 0 aliphatic heterocycles. The molecule has 0 fully saturated rings. The maximum absolute atomic E-state index is 11.8. The molecule has 20 heavy (non-hydrogen) atoms. The first-order chi connectivity index (χ1) is 9.66. The molecule has 2 heteroatoms. The van der Waals surface area contributed by atoms with Crippen LogP contribution in [0.3, 0.4) is 0 Å². The normalized spacial score (nSPS) is 9.90. The quantitative estimate of drug-likeness (QED) is 0.602.